The number of hydrogen-bond donors (Lipinski definition) is 2. The predicted octanol–water partition coefficient (Wildman–Crippen LogP) is 4.47. The van der Waals surface area contributed by atoms with Crippen LogP contribution in [0.4, 0.5) is 10.3 Å². The largest absolute Gasteiger partial charge is 0.491 e. The summed E-state index contributed by atoms with van der Waals surface area (Å²) in [6, 6.07) is 9.82. The molecule has 1 saturated carbocycles. The smallest absolute Gasteiger partial charge is 0.222 e. The minimum atomic E-state index is -0.993. The molecule has 2 aromatic rings. The van der Waals surface area contributed by atoms with Gasteiger partial charge in [0.1, 0.15) is 24.6 Å². The van der Waals surface area contributed by atoms with Crippen molar-refractivity contribution >= 4 is 5.95 Å². The van der Waals surface area contributed by atoms with Gasteiger partial charge in [-0.3, -0.25) is 0 Å². The van der Waals surface area contributed by atoms with Gasteiger partial charge in [0.2, 0.25) is 5.95 Å². The third-order valence-corrected chi connectivity index (χ3v) is 6.14. The molecule has 0 spiro atoms. The van der Waals surface area contributed by atoms with E-state index in [4.69, 9.17) is 4.74 Å². The van der Waals surface area contributed by atoms with Crippen LogP contribution in [-0.4, -0.2) is 40.5 Å². The van der Waals surface area contributed by atoms with Crippen LogP contribution >= 0.6 is 0 Å². The van der Waals surface area contributed by atoms with E-state index in [1.165, 1.54) is 6.92 Å². The summed E-state index contributed by atoms with van der Waals surface area (Å²) < 4.78 is 18.2. The molecule has 0 bridgehead atoms. The topological polar surface area (TPSA) is 91.1 Å². The molecule has 0 radical (unpaired) electrons. The van der Waals surface area contributed by atoms with Crippen LogP contribution in [0.3, 0.4) is 0 Å². The molecule has 1 aliphatic carbocycles. The van der Waals surface area contributed by atoms with Gasteiger partial charge in [-0.25, -0.2) is 14.4 Å². The molecule has 1 aliphatic rings. The van der Waals surface area contributed by atoms with E-state index in [0.29, 0.717) is 29.7 Å². The molecule has 3 atom stereocenters. The zero-order chi connectivity index (χ0) is 23.1. The van der Waals surface area contributed by atoms with E-state index in [0.717, 1.165) is 43.4 Å². The zero-order valence-electron chi connectivity index (χ0n) is 19.1. The first kappa shape index (κ1) is 23.9. The van der Waals surface area contributed by atoms with Gasteiger partial charge in [-0.05, 0) is 68.1 Å². The molecule has 1 aromatic heterocycles. The van der Waals surface area contributed by atoms with Crippen LogP contribution < -0.4 is 10.1 Å². The van der Waals surface area contributed by atoms with E-state index in [1.54, 1.807) is 6.20 Å². The maximum Gasteiger partial charge on any atom is 0.222 e. The molecule has 0 aliphatic heterocycles. The number of nitrogens with zero attached hydrogens (tertiary/aromatic N) is 3. The van der Waals surface area contributed by atoms with E-state index in [9.17, 15) is 14.8 Å². The van der Waals surface area contributed by atoms with Crippen molar-refractivity contribution in [2.75, 3.05) is 18.5 Å². The Balaban J connectivity index is 1.55. The Bertz CT molecular complexity index is 925. The van der Waals surface area contributed by atoms with Crippen LogP contribution in [-0.2, 0) is 12.8 Å². The third kappa shape index (κ3) is 6.64. The number of aromatic nitrogens is 2. The van der Waals surface area contributed by atoms with Crippen LogP contribution in [0, 0.1) is 22.7 Å². The quantitative estimate of drug-likeness (QED) is 0.598. The number of benzene rings is 1. The van der Waals surface area contributed by atoms with E-state index in [-0.39, 0.29) is 18.1 Å². The lowest BCUT2D eigenvalue weighted by Gasteiger charge is -2.39. The maximum atomic E-state index is 12.9. The number of halogens is 1. The Kier molecular flexibility index (Phi) is 8.03. The first-order valence-corrected chi connectivity index (χ1v) is 11.3. The van der Waals surface area contributed by atoms with Gasteiger partial charge in [0.25, 0.3) is 0 Å². The summed E-state index contributed by atoms with van der Waals surface area (Å²) >= 11 is 0. The molecular formula is C25H33FN4O2. The Labute approximate surface area is 189 Å². The second-order valence-electron chi connectivity index (χ2n) is 9.43. The van der Waals surface area contributed by atoms with Crippen LogP contribution in [0.15, 0.2) is 30.5 Å². The Morgan fingerprint density at radius 3 is 2.72 bits per heavy atom. The highest BCUT2D eigenvalue weighted by atomic mass is 19.1. The van der Waals surface area contributed by atoms with Crippen molar-refractivity contribution in [3.05, 3.63) is 47.3 Å². The molecule has 1 heterocycles. The first-order chi connectivity index (χ1) is 15.3. The van der Waals surface area contributed by atoms with Gasteiger partial charge in [-0.1, -0.05) is 26.0 Å². The molecule has 1 unspecified atom stereocenters. The lowest BCUT2D eigenvalue weighted by Crippen LogP contribution is -2.37. The van der Waals surface area contributed by atoms with Gasteiger partial charge in [0.15, 0.2) is 0 Å². The van der Waals surface area contributed by atoms with Crippen molar-refractivity contribution in [2.45, 2.75) is 65.2 Å². The number of aliphatic hydroxyl groups excluding tert-OH is 1. The van der Waals surface area contributed by atoms with Crippen LogP contribution in [0.5, 0.6) is 5.75 Å². The number of hydrogen-bond acceptors (Lipinski definition) is 6. The van der Waals surface area contributed by atoms with Gasteiger partial charge in [0, 0.05) is 6.54 Å². The number of nitrogens with one attached hydrogen (secondary N) is 1. The molecule has 32 heavy (non-hydrogen) atoms. The van der Waals surface area contributed by atoms with Gasteiger partial charge in [-0.15, -0.1) is 0 Å². The van der Waals surface area contributed by atoms with E-state index in [2.05, 4.69) is 35.2 Å². The number of alkyl halides is 1. The molecule has 1 aromatic carbocycles. The Hall–Kier alpha value is -2.72. The minimum absolute atomic E-state index is 0.0538. The molecule has 2 N–H and O–H groups in total. The van der Waals surface area contributed by atoms with Crippen LogP contribution in [0.2, 0.25) is 0 Å². The van der Waals surface area contributed by atoms with Crippen molar-refractivity contribution in [3.63, 3.8) is 0 Å². The van der Waals surface area contributed by atoms with Crippen molar-refractivity contribution in [1.29, 1.82) is 5.26 Å². The molecule has 172 valence electrons. The van der Waals surface area contributed by atoms with Gasteiger partial charge >= 0.3 is 0 Å². The minimum Gasteiger partial charge on any atom is -0.491 e. The maximum absolute atomic E-state index is 12.9. The van der Waals surface area contributed by atoms with Gasteiger partial charge in [-0.2, -0.15) is 5.26 Å². The normalized spacial score (nSPS) is 20.9. The number of anilines is 1. The predicted molar refractivity (Wildman–Crippen MR) is 122 cm³/mol. The summed E-state index contributed by atoms with van der Waals surface area (Å²) in [5.74, 6) is 1.57. The van der Waals surface area contributed by atoms with Crippen molar-refractivity contribution in [2.24, 2.45) is 11.3 Å². The fourth-order valence-electron chi connectivity index (χ4n) is 4.25. The highest BCUT2D eigenvalue weighted by Gasteiger charge is 2.35. The monoisotopic (exact) mass is 440 g/mol. The number of rotatable bonds is 9. The molecule has 0 amide bonds. The van der Waals surface area contributed by atoms with Crippen molar-refractivity contribution in [3.8, 4) is 11.8 Å². The highest BCUT2D eigenvalue weighted by molar-refractivity contribution is 5.37. The molecule has 3 rings (SSSR count). The summed E-state index contributed by atoms with van der Waals surface area (Å²) in [6.07, 6.45) is 4.44. The number of nitriles is 1. The van der Waals surface area contributed by atoms with E-state index < -0.39 is 6.17 Å². The molecule has 0 saturated heterocycles. The number of ether oxygens (including phenoxy) is 1. The van der Waals surface area contributed by atoms with Crippen molar-refractivity contribution < 1.29 is 14.2 Å². The van der Waals surface area contributed by atoms with Gasteiger partial charge < -0.3 is 15.2 Å². The van der Waals surface area contributed by atoms with E-state index >= 15 is 0 Å². The average Bonchev–Trinajstić information content (AvgIpc) is 2.76. The Morgan fingerprint density at radius 1 is 1.31 bits per heavy atom. The Morgan fingerprint density at radius 2 is 2.06 bits per heavy atom. The van der Waals surface area contributed by atoms with Gasteiger partial charge in [0.05, 0.1) is 23.6 Å². The van der Waals surface area contributed by atoms with Crippen LogP contribution in [0.25, 0.3) is 0 Å². The molecular weight excluding hydrogens is 407 g/mol. The lowest BCUT2D eigenvalue weighted by atomic mass is 9.69. The standard InChI is InChI=1S/C25H33FN4O2/c1-17(26)16-32-21-7-4-18(5-8-21)10-11-28-24-29-15-20(14-27)22(30-24)12-19-6-9-23(31)25(2,3)13-19/h4-5,7-8,15,17,19,23,31H,6,9-13,16H2,1-3H3,(H,28,29,30)/t17?,19-,23-/m0/s1. The summed E-state index contributed by atoms with van der Waals surface area (Å²) in [5.41, 5.74) is 2.28. The SMILES string of the molecule is CC(F)COc1ccc(CCNc2ncc(C#N)c(C[C@@H]3CC[C@H](O)C(C)(C)C3)n2)cc1. The highest BCUT2D eigenvalue weighted by Crippen LogP contribution is 2.40. The van der Waals surface area contributed by atoms with Crippen molar-refractivity contribution in [1.82, 2.24) is 9.97 Å². The summed E-state index contributed by atoms with van der Waals surface area (Å²) in [6.45, 7) is 6.37. The summed E-state index contributed by atoms with van der Waals surface area (Å²) in [7, 11) is 0. The molecule has 7 heteroatoms. The molecule has 6 nitrogen and oxygen atoms in total. The fourth-order valence-corrected chi connectivity index (χ4v) is 4.25. The fraction of sp³-hybridized carbons (Fsp3) is 0.560. The number of aliphatic hydroxyl groups is 1. The molecule has 1 fully saturated rings. The lowest BCUT2D eigenvalue weighted by molar-refractivity contribution is -0.00748. The first-order valence-electron chi connectivity index (χ1n) is 11.3. The second kappa shape index (κ2) is 10.7. The third-order valence-electron chi connectivity index (χ3n) is 6.14. The zero-order valence-corrected chi connectivity index (χ0v) is 19.1. The van der Waals surface area contributed by atoms with E-state index in [1.807, 2.05) is 24.3 Å². The summed E-state index contributed by atoms with van der Waals surface area (Å²) in [4.78, 5) is 8.92. The summed E-state index contributed by atoms with van der Waals surface area (Å²) in [5, 5.41) is 22.9. The van der Waals surface area contributed by atoms with Crippen LogP contribution in [0.1, 0.15) is 56.9 Å². The second-order valence-corrected chi connectivity index (χ2v) is 9.43. The average molecular weight is 441 g/mol.